The summed E-state index contributed by atoms with van der Waals surface area (Å²) in [5, 5.41) is 3.92. The second-order valence-corrected chi connectivity index (χ2v) is 7.94. The number of hydrogen-bond donors (Lipinski definition) is 2. The first kappa shape index (κ1) is 19.6. The van der Waals surface area contributed by atoms with Gasteiger partial charge in [-0.2, -0.15) is 0 Å². The predicted molar refractivity (Wildman–Crippen MR) is 109 cm³/mol. The van der Waals surface area contributed by atoms with Crippen molar-refractivity contribution in [2.24, 2.45) is 0 Å². The number of carbonyl (C=O) groups excluding carboxylic acids is 1. The average molecular weight is 397 g/mol. The molecule has 1 saturated heterocycles. The maximum absolute atomic E-state index is 14.5. The van der Waals surface area contributed by atoms with Crippen LogP contribution in [0, 0.1) is 18.6 Å². The molecule has 0 spiro atoms. The van der Waals surface area contributed by atoms with Crippen molar-refractivity contribution in [3.8, 4) is 0 Å². The maximum Gasteiger partial charge on any atom is 0.217 e. The molecule has 0 saturated carbocycles. The number of halogens is 2. The molecule has 1 aliphatic rings. The van der Waals surface area contributed by atoms with Crippen molar-refractivity contribution in [1.29, 1.82) is 0 Å². The highest BCUT2D eigenvalue weighted by Gasteiger charge is 2.38. The summed E-state index contributed by atoms with van der Waals surface area (Å²) in [4.78, 5) is 17.5. The molecule has 0 radical (unpaired) electrons. The lowest BCUT2D eigenvalue weighted by molar-refractivity contribution is -0.121. The van der Waals surface area contributed by atoms with Crippen LogP contribution in [0.1, 0.15) is 36.6 Å². The number of H-pyrrole nitrogens is 1. The van der Waals surface area contributed by atoms with E-state index in [1.807, 2.05) is 6.92 Å². The van der Waals surface area contributed by atoms with Crippen molar-refractivity contribution in [2.45, 2.75) is 38.8 Å². The molecule has 29 heavy (non-hydrogen) atoms. The zero-order valence-electron chi connectivity index (χ0n) is 16.7. The van der Waals surface area contributed by atoms with Crippen LogP contribution in [0.3, 0.4) is 0 Å². The van der Waals surface area contributed by atoms with Gasteiger partial charge in [-0.1, -0.05) is 18.2 Å². The van der Waals surface area contributed by atoms with E-state index in [0.29, 0.717) is 24.9 Å². The molecule has 6 heteroatoms. The number of hydrogen-bond acceptors (Lipinski definition) is 2. The number of benzene rings is 2. The molecule has 1 aromatic heterocycles. The number of fused-ring (bicyclic) bond motifs is 1. The Hall–Kier alpha value is -2.73. The standard InChI is InChI=1S/C23H25F2N3O/c1-15-18-13-17(24)7-8-21(18)26-22(15)14-28-11-9-23(10-12-28,27-16(2)29)19-5-3-4-6-20(19)25/h3-8,13,26H,9-12,14H2,1-2H3,(H,27,29). The Balaban J connectivity index is 1.54. The number of carbonyl (C=O) groups is 1. The Kier molecular flexibility index (Phi) is 5.13. The zero-order chi connectivity index (χ0) is 20.6. The predicted octanol–water partition coefficient (Wildman–Crippen LogP) is 4.38. The minimum atomic E-state index is -0.688. The number of nitrogens with zero attached hydrogens (tertiary/aromatic N) is 1. The first-order valence-corrected chi connectivity index (χ1v) is 9.91. The third-order valence-corrected chi connectivity index (χ3v) is 6.02. The molecule has 0 aliphatic carbocycles. The van der Waals surface area contributed by atoms with E-state index in [9.17, 15) is 13.6 Å². The van der Waals surface area contributed by atoms with E-state index in [-0.39, 0.29) is 17.5 Å². The van der Waals surface area contributed by atoms with Crippen LogP contribution in [-0.4, -0.2) is 28.9 Å². The Morgan fingerprint density at radius 3 is 2.59 bits per heavy atom. The Bertz CT molecular complexity index is 1050. The van der Waals surface area contributed by atoms with Gasteiger partial charge in [-0.25, -0.2) is 8.78 Å². The third kappa shape index (κ3) is 3.77. The normalized spacial score (nSPS) is 16.8. The van der Waals surface area contributed by atoms with Crippen molar-refractivity contribution in [2.75, 3.05) is 13.1 Å². The molecule has 0 unspecified atom stereocenters. The molecule has 2 heterocycles. The fourth-order valence-corrected chi connectivity index (χ4v) is 4.48. The minimum absolute atomic E-state index is 0.157. The first-order chi connectivity index (χ1) is 13.9. The molecule has 2 aromatic carbocycles. The second kappa shape index (κ2) is 7.59. The lowest BCUT2D eigenvalue weighted by Crippen LogP contribution is -2.52. The molecule has 152 valence electrons. The molecule has 0 atom stereocenters. The van der Waals surface area contributed by atoms with Crippen LogP contribution in [0.5, 0.6) is 0 Å². The highest BCUT2D eigenvalue weighted by molar-refractivity contribution is 5.84. The molecule has 4 nitrogen and oxygen atoms in total. The molecule has 1 amide bonds. The number of nitrogens with one attached hydrogen (secondary N) is 2. The van der Waals surface area contributed by atoms with Crippen LogP contribution in [0.15, 0.2) is 42.5 Å². The maximum atomic E-state index is 14.5. The summed E-state index contributed by atoms with van der Waals surface area (Å²) in [5.41, 5.74) is 2.89. The van der Waals surface area contributed by atoms with Gasteiger partial charge in [0, 0.05) is 48.7 Å². The summed E-state index contributed by atoms with van der Waals surface area (Å²) in [6, 6.07) is 11.4. The highest BCUT2D eigenvalue weighted by atomic mass is 19.1. The summed E-state index contributed by atoms with van der Waals surface area (Å²) >= 11 is 0. The molecule has 1 aliphatic heterocycles. The molecule has 3 aromatic rings. The molecular weight excluding hydrogens is 372 g/mol. The van der Waals surface area contributed by atoms with Gasteiger partial charge in [0.05, 0.1) is 5.54 Å². The van der Waals surface area contributed by atoms with Crippen LogP contribution in [0.2, 0.25) is 0 Å². The zero-order valence-corrected chi connectivity index (χ0v) is 16.7. The number of aromatic amines is 1. The van der Waals surface area contributed by atoms with Crippen molar-refractivity contribution < 1.29 is 13.6 Å². The molecule has 0 bridgehead atoms. The van der Waals surface area contributed by atoms with Crippen molar-refractivity contribution in [1.82, 2.24) is 15.2 Å². The van der Waals surface area contributed by atoms with Crippen LogP contribution in [-0.2, 0) is 16.9 Å². The van der Waals surface area contributed by atoms with Gasteiger partial charge in [0.25, 0.3) is 0 Å². The van der Waals surface area contributed by atoms with Gasteiger partial charge >= 0.3 is 0 Å². The van der Waals surface area contributed by atoms with E-state index >= 15 is 0 Å². The van der Waals surface area contributed by atoms with Gasteiger partial charge in [0.15, 0.2) is 0 Å². The summed E-state index contributed by atoms with van der Waals surface area (Å²) in [5.74, 6) is -0.688. The molecule has 4 rings (SSSR count). The van der Waals surface area contributed by atoms with Gasteiger partial charge in [-0.05, 0) is 49.6 Å². The quantitative estimate of drug-likeness (QED) is 0.686. The molecule has 1 fully saturated rings. The van der Waals surface area contributed by atoms with E-state index in [0.717, 1.165) is 35.2 Å². The Labute approximate surface area is 168 Å². The number of piperidine rings is 1. The summed E-state index contributed by atoms with van der Waals surface area (Å²) < 4.78 is 28.1. The summed E-state index contributed by atoms with van der Waals surface area (Å²) in [7, 11) is 0. The third-order valence-electron chi connectivity index (χ3n) is 6.02. The lowest BCUT2D eigenvalue weighted by Gasteiger charge is -2.42. The number of rotatable bonds is 4. The van der Waals surface area contributed by atoms with Crippen LogP contribution < -0.4 is 5.32 Å². The van der Waals surface area contributed by atoms with Gasteiger partial charge in [0.2, 0.25) is 5.91 Å². The number of aromatic nitrogens is 1. The topological polar surface area (TPSA) is 48.1 Å². The van der Waals surface area contributed by atoms with Gasteiger partial charge in [-0.15, -0.1) is 0 Å². The van der Waals surface area contributed by atoms with E-state index < -0.39 is 5.54 Å². The molecular formula is C23H25F2N3O. The van der Waals surface area contributed by atoms with Gasteiger partial charge in [0.1, 0.15) is 11.6 Å². The van der Waals surface area contributed by atoms with Crippen LogP contribution in [0.4, 0.5) is 8.78 Å². The SMILES string of the molecule is CC(=O)NC1(c2ccccc2F)CCN(Cc2[nH]c3ccc(F)cc3c2C)CC1. The van der Waals surface area contributed by atoms with E-state index in [2.05, 4.69) is 15.2 Å². The number of amides is 1. The number of aryl methyl sites for hydroxylation is 1. The van der Waals surface area contributed by atoms with Gasteiger partial charge < -0.3 is 10.3 Å². The largest absolute Gasteiger partial charge is 0.357 e. The van der Waals surface area contributed by atoms with Crippen LogP contribution >= 0.6 is 0 Å². The fraction of sp³-hybridized carbons (Fsp3) is 0.348. The lowest BCUT2D eigenvalue weighted by atomic mass is 9.80. The van der Waals surface area contributed by atoms with E-state index in [1.54, 1.807) is 30.3 Å². The van der Waals surface area contributed by atoms with Gasteiger partial charge in [-0.3, -0.25) is 9.69 Å². The van der Waals surface area contributed by atoms with E-state index in [1.165, 1.54) is 19.1 Å². The second-order valence-electron chi connectivity index (χ2n) is 7.94. The Morgan fingerprint density at radius 2 is 1.90 bits per heavy atom. The minimum Gasteiger partial charge on any atom is -0.357 e. The van der Waals surface area contributed by atoms with E-state index in [4.69, 9.17) is 0 Å². The highest BCUT2D eigenvalue weighted by Crippen LogP contribution is 2.35. The monoisotopic (exact) mass is 397 g/mol. The summed E-state index contributed by atoms with van der Waals surface area (Å²) in [6.07, 6.45) is 1.25. The first-order valence-electron chi connectivity index (χ1n) is 9.91. The molecule has 2 N–H and O–H groups in total. The summed E-state index contributed by atoms with van der Waals surface area (Å²) in [6.45, 7) is 5.62. The fourth-order valence-electron chi connectivity index (χ4n) is 4.48. The van der Waals surface area contributed by atoms with Crippen molar-refractivity contribution in [3.05, 3.63) is 70.9 Å². The Morgan fingerprint density at radius 1 is 1.17 bits per heavy atom. The average Bonchev–Trinajstić information content (AvgIpc) is 2.99. The number of likely N-dealkylation sites (tertiary alicyclic amines) is 1. The smallest absolute Gasteiger partial charge is 0.217 e. The van der Waals surface area contributed by atoms with Crippen LogP contribution in [0.25, 0.3) is 10.9 Å². The van der Waals surface area contributed by atoms with Crippen molar-refractivity contribution >= 4 is 16.8 Å². The van der Waals surface area contributed by atoms with Crippen molar-refractivity contribution in [3.63, 3.8) is 0 Å².